The van der Waals surface area contributed by atoms with Crippen LogP contribution in [0.15, 0.2) is 53.9 Å². The quantitative estimate of drug-likeness (QED) is 0.577. The van der Waals surface area contributed by atoms with Crippen molar-refractivity contribution in [1.82, 2.24) is 9.88 Å². The van der Waals surface area contributed by atoms with Gasteiger partial charge in [0.1, 0.15) is 5.75 Å². The smallest absolute Gasteiger partial charge is 0.238 e. The average Bonchev–Trinajstić information content (AvgIpc) is 3.15. The third kappa shape index (κ3) is 6.13. The Bertz CT molecular complexity index is 1020. The summed E-state index contributed by atoms with van der Waals surface area (Å²) in [4.78, 5) is 30.7. The molecule has 30 heavy (non-hydrogen) atoms. The number of nitrogens with one attached hydrogen (secondary N) is 2. The molecule has 0 aliphatic heterocycles. The number of thiazole rings is 1. The van der Waals surface area contributed by atoms with E-state index in [1.807, 2.05) is 36.6 Å². The van der Waals surface area contributed by atoms with Crippen LogP contribution in [0.1, 0.15) is 5.01 Å². The van der Waals surface area contributed by atoms with Gasteiger partial charge < -0.3 is 15.4 Å². The number of amides is 2. The molecule has 0 bridgehead atoms. The van der Waals surface area contributed by atoms with Gasteiger partial charge in [-0.1, -0.05) is 12.1 Å². The van der Waals surface area contributed by atoms with Gasteiger partial charge in [-0.05, 0) is 50.4 Å². The number of carbonyl (C=O) groups is 2. The molecule has 2 amide bonds. The zero-order valence-electron chi connectivity index (χ0n) is 17.1. The Labute approximate surface area is 179 Å². The van der Waals surface area contributed by atoms with Crippen LogP contribution in [-0.4, -0.2) is 48.9 Å². The highest BCUT2D eigenvalue weighted by Crippen LogP contribution is 2.24. The topological polar surface area (TPSA) is 83.6 Å². The summed E-state index contributed by atoms with van der Waals surface area (Å²) in [6.07, 6.45) is 0. The van der Waals surface area contributed by atoms with Gasteiger partial charge in [-0.2, -0.15) is 0 Å². The molecule has 2 N–H and O–H groups in total. The molecule has 0 radical (unpaired) electrons. The minimum Gasteiger partial charge on any atom is -0.497 e. The highest BCUT2D eigenvalue weighted by atomic mass is 32.1. The largest absolute Gasteiger partial charge is 0.497 e. The number of anilines is 2. The highest BCUT2D eigenvalue weighted by Gasteiger charge is 2.12. The van der Waals surface area contributed by atoms with E-state index >= 15 is 0 Å². The molecule has 0 fully saturated rings. The number of aryl methyl sites for hydroxylation is 1. The average molecular weight is 425 g/mol. The van der Waals surface area contributed by atoms with Crippen molar-refractivity contribution in [2.45, 2.75) is 6.92 Å². The zero-order valence-corrected chi connectivity index (χ0v) is 18.0. The van der Waals surface area contributed by atoms with E-state index in [-0.39, 0.29) is 24.9 Å². The van der Waals surface area contributed by atoms with Crippen molar-refractivity contribution in [1.29, 1.82) is 0 Å². The van der Waals surface area contributed by atoms with Gasteiger partial charge in [-0.15, -0.1) is 11.3 Å². The van der Waals surface area contributed by atoms with E-state index in [1.54, 1.807) is 54.7 Å². The summed E-state index contributed by atoms with van der Waals surface area (Å²) in [6.45, 7) is 2.15. The number of benzene rings is 2. The maximum absolute atomic E-state index is 12.4. The van der Waals surface area contributed by atoms with E-state index in [9.17, 15) is 9.59 Å². The highest BCUT2D eigenvalue weighted by molar-refractivity contribution is 7.09. The maximum Gasteiger partial charge on any atom is 0.238 e. The van der Waals surface area contributed by atoms with Crippen molar-refractivity contribution >= 4 is 34.5 Å². The monoisotopic (exact) mass is 424 g/mol. The lowest BCUT2D eigenvalue weighted by molar-refractivity contribution is -0.119. The predicted octanol–water partition coefficient (Wildman–Crippen LogP) is 3.64. The first-order valence-corrected chi connectivity index (χ1v) is 10.3. The van der Waals surface area contributed by atoms with Crippen molar-refractivity contribution < 1.29 is 14.3 Å². The van der Waals surface area contributed by atoms with Gasteiger partial charge in [0.05, 0.1) is 30.9 Å². The summed E-state index contributed by atoms with van der Waals surface area (Å²) < 4.78 is 5.10. The molecule has 3 rings (SSSR count). The lowest BCUT2D eigenvalue weighted by Crippen LogP contribution is -2.36. The van der Waals surface area contributed by atoms with E-state index < -0.39 is 0 Å². The number of rotatable bonds is 8. The molecule has 0 saturated heterocycles. The van der Waals surface area contributed by atoms with Crippen LogP contribution in [0.2, 0.25) is 0 Å². The van der Waals surface area contributed by atoms with Crippen LogP contribution >= 0.6 is 11.3 Å². The Balaban J connectivity index is 1.50. The molecule has 8 heteroatoms. The van der Waals surface area contributed by atoms with Crippen molar-refractivity contribution in [3.8, 4) is 17.0 Å². The summed E-state index contributed by atoms with van der Waals surface area (Å²) in [5.41, 5.74) is 3.21. The summed E-state index contributed by atoms with van der Waals surface area (Å²) >= 11 is 1.59. The van der Waals surface area contributed by atoms with Crippen LogP contribution in [0.3, 0.4) is 0 Å². The third-order valence-corrected chi connectivity index (χ3v) is 5.04. The van der Waals surface area contributed by atoms with Crippen molar-refractivity contribution in [3.05, 3.63) is 58.9 Å². The number of carbonyl (C=O) groups excluding carboxylic acids is 2. The second kappa shape index (κ2) is 10.00. The Morgan fingerprint density at radius 3 is 2.30 bits per heavy atom. The van der Waals surface area contributed by atoms with Gasteiger partial charge in [-0.25, -0.2) is 4.98 Å². The van der Waals surface area contributed by atoms with Crippen LogP contribution in [0, 0.1) is 6.92 Å². The van der Waals surface area contributed by atoms with Crippen LogP contribution in [0.5, 0.6) is 5.75 Å². The number of likely N-dealkylation sites (N-methyl/N-ethyl adjacent to an activating group) is 1. The summed E-state index contributed by atoms with van der Waals surface area (Å²) in [5.74, 6) is 0.327. The second-order valence-corrected chi connectivity index (χ2v) is 7.89. The second-order valence-electron chi connectivity index (χ2n) is 6.83. The van der Waals surface area contributed by atoms with Crippen molar-refractivity contribution in [3.63, 3.8) is 0 Å². The third-order valence-electron chi connectivity index (χ3n) is 4.26. The SMILES string of the molecule is COc1ccc(NC(=O)CN(C)CC(=O)Nc2cccc(-c3csc(C)n3)c2)cc1. The Kier molecular flexibility index (Phi) is 7.16. The van der Waals surface area contributed by atoms with Gasteiger partial charge in [0, 0.05) is 22.3 Å². The number of ether oxygens (including phenoxy) is 1. The molecular weight excluding hydrogens is 400 g/mol. The van der Waals surface area contributed by atoms with Gasteiger partial charge in [0.25, 0.3) is 0 Å². The van der Waals surface area contributed by atoms with Crippen molar-refractivity contribution in [2.24, 2.45) is 0 Å². The van der Waals surface area contributed by atoms with Crippen LogP contribution in [-0.2, 0) is 9.59 Å². The molecule has 0 unspecified atom stereocenters. The minimum absolute atomic E-state index is 0.0933. The van der Waals surface area contributed by atoms with E-state index in [4.69, 9.17) is 4.74 Å². The molecule has 0 saturated carbocycles. The first-order valence-electron chi connectivity index (χ1n) is 9.38. The molecule has 1 heterocycles. The molecule has 0 aliphatic carbocycles. The van der Waals surface area contributed by atoms with Crippen LogP contribution < -0.4 is 15.4 Å². The molecule has 3 aromatic rings. The molecule has 0 atom stereocenters. The molecule has 0 spiro atoms. The minimum atomic E-state index is -0.198. The van der Waals surface area contributed by atoms with E-state index in [2.05, 4.69) is 15.6 Å². The van der Waals surface area contributed by atoms with E-state index in [0.29, 0.717) is 11.4 Å². The standard InChI is InChI=1S/C22H24N4O3S/c1-15-23-20(14-30-15)16-5-4-6-18(11-16)25-22(28)13-26(2)12-21(27)24-17-7-9-19(29-3)10-8-17/h4-11,14H,12-13H2,1-3H3,(H,24,27)(H,25,28). The molecule has 2 aromatic carbocycles. The maximum atomic E-state index is 12.4. The van der Waals surface area contributed by atoms with E-state index in [1.165, 1.54) is 0 Å². The number of hydrogen-bond donors (Lipinski definition) is 2. The van der Waals surface area contributed by atoms with Gasteiger partial charge in [0.15, 0.2) is 0 Å². The Hall–Kier alpha value is -3.23. The van der Waals surface area contributed by atoms with Crippen LogP contribution in [0.25, 0.3) is 11.3 Å². The lowest BCUT2D eigenvalue weighted by Gasteiger charge is -2.16. The first kappa shape index (κ1) is 21.5. The zero-order chi connectivity index (χ0) is 21.5. The molecule has 1 aromatic heterocycles. The van der Waals surface area contributed by atoms with Gasteiger partial charge in [-0.3, -0.25) is 14.5 Å². The fourth-order valence-corrected chi connectivity index (χ4v) is 3.50. The lowest BCUT2D eigenvalue weighted by atomic mass is 10.1. The fourth-order valence-electron chi connectivity index (χ4n) is 2.87. The number of nitrogens with zero attached hydrogens (tertiary/aromatic N) is 2. The number of methoxy groups -OCH3 is 1. The number of hydrogen-bond acceptors (Lipinski definition) is 6. The molecule has 7 nitrogen and oxygen atoms in total. The fraction of sp³-hybridized carbons (Fsp3) is 0.227. The summed E-state index contributed by atoms with van der Waals surface area (Å²) in [5, 5.41) is 8.66. The molecule has 156 valence electrons. The van der Waals surface area contributed by atoms with Gasteiger partial charge >= 0.3 is 0 Å². The van der Waals surface area contributed by atoms with Gasteiger partial charge in [0.2, 0.25) is 11.8 Å². The Morgan fingerprint density at radius 2 is 1.70 bits per heavy atom. The Morgan fingerprint density at radius 1 is 1.03 bits per heavy atom. The van der Waals surface area contributed by atoms with E-state index in [0.717, 1.165) is 22.0 Å². The number of aromatic nitrogens is 1. The summed E-state index contributed by atoms with van der Waals surface area (Å²) in [7, 11) is 3.31. The molecular formula is C22H24N4O3S. The van der Waals surface area contributed by atoms with Crippen molar-refractivity contribution in [2.75, 3.05) is 37.9 Å². The summed E-state index contributed by atoms with van der Waals surface area (Å²) in [6, 6.07) is 14.6. The predicted molar refractivity (Wildman–Crippen MR) is 120 cm³/mol. The molecule has 0 aliphatic rings. The first-order chi connectivity index (χ1) is 14.4. The van der Waals surface area contributed by atoms with Crippen LogP contribution in [0.4, 0.5) is 11.4 Å². The normalized spacial score (nSPS) is 10.7.